The van der Waals surface area contributed by atoms with Gasteiger partial charge in [-0.3, -0.25) is 4.90 Å². The van der Waals surface area contributed by atoms with Crippen LogP contribution in [0.15, 0.2) is 0 Å². The summed E-state index contributed by atoms with van der Waals surface area (Å²) in [6.07, 6.45) is 1.47. The highest BCUT2D eigenvalue weighted by Crippen LogP contribution is 2.21. The number of nitrogens with zero attached hydrogens (tertiary/aromatic N) is 1. The molecule has 1 aliphatic heterocycles. The molecule has 0 bridgehead atoms. The Hall–Kier alpha value is 0.230. The van der Waals surface area contributed by atoms with Crippen molar-refractivity contribution in [2.75, 3.05) is 39.0 Å². The van der Waals surface area contributed by atoms with Crippen LogP contribution in [0.1, 0.15) is 13.3 Å². The molecule has 1 saturated heterocycles. The Labute approximate surface area is 91.4 Å². The third kappa shape index (κ3) is 3.77. The summed E-state index contributed by atoms with van der Waals surface area (Å²) in [6.45, 7) is 6.25. The fraction of sp³-hybridized carbons (Fsp3) is 1.00. The van der Waals surface area contributed by atoms with Gasteiger partial charge in [-0.2, -0.15) is 11.8 Å². The summed E-state index contributed by atoms with van der Waals surface area (Å²) in [5.41, 5.74) is 5.61. The predicted octanol–water partition coefficient (Wildman–Crippen LogP) is 0.788. The number of hydrogen-bond donors (Lipinski definition) is 1. The van der Waals surface area contributed by atoms with Gasteiger partial charge < -0.3 is 10.5 Å². The van der Waals surface area contributed by atoms with E-state index in [4.69, 9.17) is 10.5 Å². The molecule has 84 valence electrons. The summed E-state index contributed by atoms with van der Waals surface area (Å²) in [5.74, 6) is 1.25. The van der Waals surface area contributed by atoms with Crippen LogP contribution in [0.4, 0.5) is 0 Å². The van der Waals surface area contributed by atoms with E-state index in [0.717, 1.165) is 11.8 Å². The molecule has 0 aliphatic carbocycles. The second kappa shape index (κ2) is 6.67. The molecule has 0 aromatic carbocycles. The van der Waals surface area contributed by atoms with Crippen molar-refractivity contribution < 1.29 is 4.74 Å². The van der Waals surface area contributed by atoms with E-state index in [1.807, 2.05) is 0 Å². The van der Waals surface area contributed by atoms with Gasteiger partial charge in [0.1, 0.15) is 0 Å². The van der Waals surface area contributed by atoms with E-state index in [9.17, 15) is 0 Å². The summed E-state index contributed by atoms with van der Waals surface area (Å²) < 4.78 is 5.30. The highest BCUT2D eigenvalue weighted by molar-refractivity contribution is 8.00. The number of nitrogens with two attached hydrogens (primary N) is 1. The van der Waals surface area contributed by atoms with Gasteiger partial charge in [0.25, 0.3) is 0 Å². The zero-order chi connectivity index (χ0) is 10.4. The SMILES string of the molecule is CCC1CN(CC(CN)OC)CCS1. The Morgan fingerprint density at radius 2 is 2.43 bits per heavy atom. The second-order valence-electron chi connectivity index (χ2n) is 3.75. The highest BCUT2D eigenvalue weighted by Gasteiger charge is 2.20. The smallest absolute Gasteiger partial charge is 0.0820 e. The molecular formula is C10H22N2OS. The van der Waals surface area contributed by atoms with Crippen LogP contribution in [0, 0.1) is 0 Å². The van der Waals surface area contributed by atoms with Crippen LogP contribution in [0.5, 0.6) is 0 Å². The molecule has 1 heterocycles. The first-order chi connectivity index (χ1) is 6.80. The van der Waals surface area contributed by atoms with Crippen LogP contribution in [0.3, 0.4) is 0 Å². The standard InChI is InChI=1S/C10H22N2OS/c1-3-10-8-12(4-5-14-10)7-9(6-11)13-2/h9-10H,3-8,11H2,1-2H3. The topological polar surface area (TPSA) is 38.5 Å². The maximum atomic E-state index is 5.61. The average Bonchev–Trinajstić information content (AvgIpc) is 2.26. The van der Waals surface area contributed by atoms with Gasteiger partial charge >= 0.3 is 0 Å². The Balaban J connectivity index is 2.29. The van der Waals surface area contributed by atoms with Gasteiger partial charge in [0.15, 0.2) is 0 Å². The molecule has 1 rings (SSSR count). The fourth-order valence-electron chi connectivity index (χ4n) is 1.73. The Morgan fingerprint density at radius 3 is 3.00 bits per heavy atom. The first-order valence-corrected chi connectivity index (χ1v) is 6.41. The maximum absolute atomic E-state index is 5.61. The molecule has 0 saturated carbocycles. The molecule has 4 heteroatoms. The Bertz CT molecular complexity index is 153. The lowest BCUT2D eigenvalue weighted by molar-refractivity contribution is 0.0709. The van der Waals surface area contributed by atoms with Crippen molar-refractivity contribution in [2.24, 2.45) is 5.73 Å². The number of methoxy groups -OCH3 is 1. The summed E-state index contributed by atoms with van der Waals surface area (Å²) in [5, 5.41) is 0.805. The van der Waals surface area contributed by atoms with Crippen molar-refractivity contribution >= 4 is 11.8 Å². The molecule has 0 spiro atoms. The minimum Gasteiger partial charge on any atom is -0.379 e. The maximum Gasteiger partial charge on any atom is 0.0820 e. The summed E-state index contributed by atoms with van der Waals surface area (Å²) >= 11 is 2.10. The van der Waals surface area contributed by atoms with E-state index in [-0.39, 0.29) is 6.10 Å². The van der Waals surface area contributed by atoms with Crippen LogP contribution in [-0.4, -0.2) is 55.3 Å². The van der Waals surface area contributed by atoms with Crippen molar-refractivity contribution in [3.8, 4) is 0 Å². The third-order valence-electron chi connectivity index (χ3n) is 2.74. The van der Waals surface area contributed by atoms with Crippen LogP contribution < -0.4 is 5.73 Å². The molecule has 0 radical (unpaired) electrons. The molecule has 1 aliphatic rings. The van der Waals surface area contributed by atoms with Gasteiger partial charge in [0.2, 0.25) is 0 Å². The van der Waals surface area contributed by atoms with E-state index in [1.54, 1.807) is 7.11 Å². The van der Waals surface area contributed by atoms with E-state index < -0.39 is 0 Å². The van der Waals surface area contributed by atoms with Gasteiger partial charge in [0.05, 0.1) is 6.10 Å². The van der Waals surface area contributed by atoms with Crippen LogP contribution in [-0.2, 0) is 4.74 Å². The van der Waals surface area contributed by atoms with Crippen molar-refractivity contribution in [3.63, 3.8) is 0 Å². The van der Waals surface area contributed by atoms with Gasteiger partial charge in [-0.05, 0) is 6.42 Å². The Morgan fingerprint density at radius 1 is 1.64 bits per heavy atom. The molecule has 0 aromatic heterocycles. The fourth-order valence-corrected chi connectivity index (χ4v) is 2.98. The second-order valence-corrected chi connectivity index (χ2v) is 5.16. The lowest BCUT2D eigenvalue weighted by Gasteiger charge is -2.33. The molecule has 0 aromatic rings. The number of hydrogen-bond acceptors (Lipinski definition) is 4. The monoisotopic (exact) mass is 218 g/mol. The van der Waals surface area contributed by atoms with E-state index in [0.29, 0.717) is 6.54 Å². The number of rotatable bonds is 5. The van der Waals surface area contributed by atoms with Crippen LogP contribution in [0.25, 0.3) is 0 Å². The average molecular weight is 218 g/mol. The van der Waals surface area contributed by atoms with E-state index in [2.05, 4.69) is 23.6 Å². The number of ether oxygens (including phenoxy) is 1. The van der Waals surface area contributed by atoms with Gasteiger partial charge in [-0.15, -0.1) is 0 Å². The molecule has 2 unspecified atom stereocenters. The molecular weight excluding hydrogens is 196 g/mol. The van der Waals surface area contributed by atoms with E-state index in [1.165, 1.54) is 25.3 Å². The quantitative estimate of drug-likeness (QED) is 0.740. The molecule has 3 nitrogen and oxygen atoms in total. The van der Waals surface area contributed by atoms with Crippen LogP contribution >= 0.6 is 11.8 Å². The number of thioether (sulfide) groups is 1. The van der Waals surface area contributed by atoms with Crippen molar-refractivity contribution in [1.82, 2.24) is 4.90 Å². The normalized spacial score (nSPS) is 26.4. The van der Waals surface area contributed by atoms with Crippen molar-refractivity contribution in [1.29, 1.82) is 0 Å². The molecule has 14 heavy (non-hydrogen) atoms. The van der Waals surface area contributed by atoms with Gasteiger partial charge in [-0.1, -0.05) is 6.92 Å². The van der Waals surface area contributed by atoms with Crippen molar-refractivity contribution in [2.45, 2.75) is 24.7 Å². The third-order valence-corrected chi connectivity index (χ3v) is 4.11. The van der Waals surface area contributed by atoms with E-state index >= 15 is 0 Å². The van der Waals surface area contributed by atoms with Crippen molar-refractivity contribution in [3.05, 3.63) is 0 Å². The zero-order valence-electron chi connectivity index (χ0n) is 9.24. The molecule has 1 fully saturated rings. The lowest BCUT2D eigenvalue weighted by atomic mass is 10.2. The van der Waals surface area contributed by atoms with Gasteiger partial charge in [-0.25, -0.2) is 0 Å². The molecule has 0 amide bonds. The first-order valence-electron chi connectivity index (χ1n) is 5.37. The molecule has 2 atom stereocenters. The Kier molecular flexibility index (Phi) is 5.86. The summed E-state index contributed by atoms with van der Waals surface area (Å²) in [6, 6.07) is 0. The first kappa shape index (κ1) is 12.3. The molecule has 2 N–H and O–H groups in total. The minimum atomic E-state index is 0.204. The summed E-state index contributed by atoms with van der Waals surface area (Å²) in [7, 11) is 1.74. The lowest BCUT2D eigenvalue weighted by Crippen LogP contribution is -2.44. The summed E-state index contributed by atoms with van der Waals surface area (Å²) in [4.78, 5) is 2.48. The minimum absolute atomic E-state index is 0.204. The highest BCUT2D eigenvalue weighted by atomic mass is 32.2. The van der Waals surface area contributed by atoms with Crippen LogP contribution in [0.2, 0.25) is 0 Å². The van der Waals surface area contributed by atoms with Gasteiger partial charge in [0, 0.05) is 44.3 Å². The zero-order valence-corrected chi connectivity index (χ0v) is 10.1. The largest absolute Gasteiger partial charge is 0.379 e. The predicted molar refractivity (Wildman–Crippen MR) is 62.8 cm³/mol.